The molecule has 0 saturated heterocycles. The number of allylic oxidation sites excluding steroid dienone is 3. The molecule has 2 rings (SSSR count). The third kappa shape index (κ3) is 7.99. The molecule has 2 radical (unpaired) electrons. The summed E-state index contributed by atoms with van der Waals surface area (Å²) in [6, 6.07) is 2.14. The SMILES string of the molecule is [B]C[C@@H]1CC(O)[C@H](CC=CCCCCO)[C@H]1C=C[C@@H](O)CCc1cc(Br)c(C)s1. The van der Waals surface area contributed by atoms with Gasteiger partial charge in [-0.25, -0.2) is 0 Å². The lowest BCUT2D eigenvalue weighted by atomic mass is 9.80. The molecular weight excluding hydrogens is 447 g/mol. The Morgan fingerprint density at radius 1 is 1.34 bits per heavy atom. The lowest BCUT2D eigenvalue weighted by Gasteiger charge is -2.21. The molecule has 3 nitrogen and oxygen atoms in total. The topological polar surface area (TPSA) is 60.7 Å². The first-order valence-electron chi connectivity index (χ1n) is 10.7. The fourth-order valence-electron chi connectivity index (χ4n) is 4.14. The van der Waals surface area contributed by atoms with Crippen LogP contribution in [0.4, 0.5) is 0 Å². The molecule has 1 aromatic rings. The zero-order chi connectivity index (χ0) is 21.2. The van der Waals surface area contributed by atoms with E-state index < -0.39 is 6.10 Å². The number of aliphatic hydroxyl groups excluding tert-OH is 3. The fraction of sp³-hybridized carbons (Fsp3) is 0.652. The highest BCUT2D eigenvalue weighted by atomic mass is 79.9. The molecule has 160 valence electrons. The molecule has 1 heterocycles. The van der Waals surface area contributed by atoms with E-state index in [0.717, 1.165) is 43.0 Å². The van der Waals surface area contributed by atoms with Gasteiger partial charge in [-0.15, -0.1) is 11.3 Å². The molecule has 1 fully saturated rings. The minimum absolute atomic E-state index is 0.150. The monoisotopic (exact) mass is 480 g/mol. The Morgan fingerprint density at radius 3 is 2.79 bits per heavy atom. The van der Waals surface area contributed by atoms with Gasteiger partial charge in [-0.05, 0) is 91.6 Å². The van der Waals surface area contributed by atoms with Crippen LogP contribution in [0.3, 0.4) is 0 Å². The fourth-order valence-corrected chi connectivity index (χ4v) is 5.76. The van der Waals surface area contributed by atoms with E-state index in [1.54, 1.807) is 11.3 Å². The summed E-state index contributed by atoms with van der Waals surface area (Å²) in [6.07, 6.45) is 13.9. The van der Waals surface area contributed by atoms with Gasteiger partial charge in [0.1, 0.15) is 0 Å². The van der Waals surface area contributed by atoms with Crippen molar-refractivity contribution in [3.8, 4) is 0 Å². The number of hydrogen-bond acceptors (Lipinski definition) is 4. The summed E-state index contributed by atoms with van der Waals surface area (Å²) in [7, 11) is 5.96. The predicted octanol–water partition coefficient (Wildman–Crippen LogP) is 4.98. The van der Waals surface area contributed by atoms with Gasteiger partial charge in [0.2, 0.25) is 0 Å². The normalized spacial score (nSPS) is 26.1. The van der Waals surface area contributed by atoms with Crippen molar-refractivity contribution in [2.24, 2.45) is 17.8 Å². The lowest BCUT2D eigenvalue weighted by Crippen LogP contribution is -2.19. The lowest BCUT2D eigenvalue weighted by molar-refractivity contribution is 0.125. The van der Waals surface area contributed by atoms with Gasteiger partial charge in [-0.2, -0.15) is 0 Å². The molecular formula is C23H34BBrO3S. The van der Waals surface area contributed by atoms with Crippen molar-refractivity contribution in [2.75, 3.05) is 6.61 Å². The number of aliphatic hydroxyl groups is 3. The standard InChI is InChI=1S/C23H34BBrO3S/c1-16-22(25)14-19(29-16)10-8-18(27)9-11-20-17(15-24)13-23(28)21(20)7-5-3-2-4-6-12-26/h3,5,9,11,14,17-18,20-21,23,26-28H,2,4,6-8,10,12-13,15H2,1H3/t17-,18-,20-,21+,23?/m0/s1. The molecule has 0 aromatic carbocycles. The summed E-state index contributed by atoms with van der Waals surface area (Å²) in [5.74, 6) is 0.610. The van der Waals surface area contributed by atoms with Crippen molar-refractivity contribution in [1.82, 2.24) is 0 Å². The molecule has 0 amide bonds. The Bertz CT molecular complexity index is 641. The average molecular weight is 481 g/mol. The molecule has 5 atom stereocenters. The van der Waals surface area contributed by atoms with Crippen LogP contribution in [0.25, 0.3) is 0 Å². The highest BCUT2D eigenvalue weighted by Gasteiger charge is 2.39. The van der Waals surface area contributed by atoms with E-state index in [9.17, 15) is 10.2 Å². The first-order valence-corrected chi connectivity index (χ1v) is 12.3. The Hall–Kier alpha value is -0.395. The average Bonchev–Trinajstić information content (AvgIpc) is 3.19. The maximum atomic E-state index is 10.5. The summed E-state index contributed by atoms with van der Waals surface area (Å²) in [4.78, 5) is 2.55. The van der Waals surface area contributed by atoms with Crippen molar-refractivity contribution in [3.05, 3.63) is 44.6 Å². The van der Waals surface area contributed by atoms with E-state index in [1.807, 2.05) is 6.08 Å². The third-order valence-electron chi connectivity index (χ3n) is 5.88. The number of halogens is 1. The molecule has 1 saturated carbocycles. The Kier molecular flexibility index (Phi) is 11.2. The minimum atomic E-state index is -0.484. The van der Waals surface area contributed by atoms with Gasteiger partial charge in [0.25, 0.3) is 0 Å². The second kappa shape index (κ2) is 13.1. The van der Waals surface area contributed by atoms with Gasteiger partial charge in [0.15, 0.2) is 0 Å². The molecule has 6 heteroatoms. The van der Waals surface area contributed by atoms with Gasteiger partial charge in [0, 0.05) is 20.8 Å². The zero-order valence-electron chi connectivity index (χ0n) is 17.3. The van der Waals surface area contributed by atoms with Crippen LogP contribution < -0.4 is 0 Å². The first-order chi connectivity index (χ1) is 14.0. The molecule has 0 spiro atoms. The maximum absolute atomic E-state index is 10.5. The maximum Gasteiger partial charge on any atom is 0.0724 e. The predicted molar refractivity (Wildman–Crippen MR) is 127 cm³/mol. The van der Waals surface area contributed by atoms with Crippen LogP contribution in [0, 0.1) is 24.7 Å². The quantitative estimate of drug-likeness (QED) is 0.224. The molecule has 1 aromatic heterocycles. The van der Waals surface area contributed by atoms with Crippen LogP contribution in [0.1, 0.15) is 48.3 Å². The third-order valence-corrected chi connectivity index (χ3v) is 8.08. The highest BCUT2D eigenvalue weighted by molar-refractivity contribution is 9.10. The second-order valence-corrected chi connectivity index (χ2v) is 10.3. The van der Waals surface area contributed by atoms with Crippen LogP contribution in [-0.4, -0.2) is 42.0 Å². The smallest absolute Gasteiger partial charge is 0.0724 e. The van der Waals surface area contributed by atoms with Crippen molar-refractivity contribution in [3.63, 3.8) is 0 Å². The highest BCUT2D eigenvalue weighted by Crippen LogP contribution is 2.42. The van der Waals surface area contributed by atoms with Gasteiger partial charge in [0.05, 0.1) is 20.1 Å². The number of rotatable bonds is 12. The van der Waals surface area contributed by atoms with Crippen molar-refractivity contribution in [1.29, 1.82) is 0 Å². The van der Waals surface area contributed by atoms with Gasteiger partial charge in [-0.1, -0.05) is 30.6 Å². The zero-order valence-corrected chi connectivity index (χ0v) is 19.7. The van der Waals surface area contributed by atoms with Gasteiger partial charge in [-0.3, -0.25) is 0 Å². The largest absolute Gasteiger partial charge is 0.396 e. The van der Waals surface area contributed by atoms with E-state index >= 15 is 0 Å². The Balaban J connectivity index is 1.88. The van der Waals surface area contributed by atoms with Gasteiger partial charge < -0.3 is 15.3 Å². The van der Waals surface area contributed by atoms with E-state index in [4.69, 9.17) is 13.0 Å². The van der Waals surface area contributed by atoms with Crippen LogP contribution in [0.5, 0.6) is 0 Å². The van der Waals surface area contributed by atoms with Crippen molar-refractivity contribution in [2.45, 2.75) is 70.4 Å². The first kappa shape index (κ1) is 24.9. The van der Waals surface area contributed by atoms with Gasteiger partial charge >= 0.3 is 0 Å². The number of thiophene rings is 1. The molecule has 1 aliphatic rings. The van der Waals surface area contributed by atoms with Crippen LogP contribution in [0.15, 0.2) is 34.8 Å². The number of hydrogen-bond donors (Lipinski definition) is 3. The minimum Gasteiger partial charge on any atom is -0.396 e. The summed E-state index contributed by atoms with van der Waals surface area (Å²) in [5.41, 5.74) is 0. The second-order valence-electron chi connectivity index (χ2n) is 8.07. The molecule has 29 heavy (non-hydrogen) atoms. The summed E-state index contributed by atoms with van der Waals surface area (Å²) < 4.78 is 1.14. The molecule has 1 unspecified atom stereocenters. The van der Waals surface area contributed by atoms with E-state index in [1.165, 1.54) is 9.75 Å². The molecule has 0 bridgehead atoms. The van der Waals surface area contributed by atoms with Crippen LogP contribution >= 0.6 is 27.3 Å². The van der Waals surface area contributed by atoms with E-state index in [0.29, 0.717) is 12.7 Å². The summed E-state index contributed by atoms with van der Waals surface area (Å²) >= 11 is 5.31. The summed E-state index contributed by atoms with van der Waals surface area (Å²) in [5, 5.41) is 29.8. The molecule has 3 N–H and O–H groups in total. The van der Waals surface area contributed by atoms with Crippen molar-refractivity contribution < 1.29 is 15.3 Å². The number of aryl methyl sites for hydroxylation is 2. The van der Waals surface area contributed by atoms with Crippen LogP contribution in [-0.2, 0) is 6.42 Å². The Morgan fingerprint density at radius 2 is 2.14 bits per heavy atom. The molecule has 0 aliphatic heterocycles. The van der Waals surface area contributed by atoms with Crippen molar-refractivity contribution >= 4 is 35.1 Å². The number of unbranched alkanes of at least 4 members (excludes halogenated alkanes) is 2. The Labute approximate surface area is 189 Å². The molecule has 1 aliphatic carbocycles. The van der Waals surface area contributed by atoms with E-state index in [2.05, 4.69) is 47.1 Å². The van der Waals surface area contributed by atoms with E-state index in [-0.39, 0.29) is 30.5 Å². The summed E-state index contributed by atoms with van der Waals surface area (Å²) in [6.45, 7) is 2.33. The van der Waals surface area contributed by atoms with Crippen LogP contribution in [0.2, 0.25) is 6.32 Å².